The molecule has 0 aromatic heterocycles. The lowest BCUT2D eigenvalue weighted by Crippen LogP contribution is -2.14. The molecule has 0 amide bonds. The van der Waals surface area contributed by atoms with Crippen molar-refractivity contribution in [2.24, 2.45) is 0 Å². The van der Waals surface area contributed by atoms with Gasteiger partial charge in [0.05, 0.1) is 0 Å². The topological polar surface area (TPSA) is 0 Å². The average molecular weight is 429 g/mol. The lowest BCUT2D eigenvalue weighted by molar-refractivity contribution is 0.660. The average Bonchev–Trinajstić information content (AvgIpc) is 3.07. The van der Waals surface area contributed by atoms with E-state index in [-0.39, 0.29) is 5.41 Å². The van der Waals surface area contributed by atoms with E-state index >= 15 is 0 Å². The molecule has 0 bridgehead atoms. The molecule has 0 saturated carbocycles. The fourth-order valence-corrected chi connectivity index (χ4v) is 4.81. The number of allylic oxidation sites excluding steroid dienone is 6. The normalized spacial score (nSPS) is 13.4. The van der Waals surface area contributed by atoms with Gasteiger partial charge in [0.15, 0.2) is 0 Å². The molecule has 0 fully saturated rings. The molecule has 0 spiro atoms. The molecule has 0 unspecified atom stereocenters. The summed E-state index contributed by atoms with van der Waals surface area (Å²) < 4.78 is 0. The van der Waals surface area contributed by atoms with E-state index in [0.29, 0.717) is 0 Å². The first-order chi connectivity index (χ1) is 15.8. The summed E-state index contributed by atoms with van der Waals surface area (Å²) in [5.74, 6) is 0. The lowest BCUT2D eigenvalue weighted by atomic mass is 9.81. The SMILES string of the molecule is C=CC=CC(=C)C(=C)c1cc(-c2ccc3c(c2)C(C)(C)c2ccccc2-3)ccc1C(=C)CC. The molecule has 0 nitrogen and oxygen atoms in total. The van der Waals surface area contributed by atoms with E-state index in [9.17, 15) is 0 Å². The van der Waals surface area contributed by atoms with Crippen LogP contribution in [0.25, 0.3) is 33.4 Å². The van der Waals surface area contributed by atoms with E-state index in [2.05, 4.69) is 108 Å². The van der Waals surface area contributed by atoms with Crippen molar-refractivity contribution in [2.75, 3.05) is 0 Å². The van der Waals surface area contributed by atoms with Gasteiger partial charge >= 0.3 is 0 Å². The van der Waals surface area contributed by atoms with Crippen LogP contribution in [-0.4, -0.2) is 0 Å². The van der Waals surface area contributed by atoms with Crippen molar-refractivity contribution in [1.29, 1.82) is 0 Å². The van der Waals surface area contributed by atoms with E-state index in [1.54, 1.807) is 6.08 Å². The van der Waals surface area contributed by atoms with Gasteiger partial charge in [-0.25, -0.2) is 0 Å². The predicted molar refractivity (Wildman–Crippen MR) is 146 cm³/mol. The third-order valence-electron chi connectivity index (χ3n) is 6.89. The summed E-state index contributed by atoms with van der Waals surface area (Å²) in [6, 6.07) is 22.2. The summed E-state index contributed by atoms with van der Waals surface area (Å²) >= 11 is 0. The van der Waals surface area contributed by atoms with Gasteiger partial charge in [0.2, 0.25) is 0 Å². The summed E-state index contributed by atoms with van der Waals surface area (Å²) in [5.41, 5.74) is 12.9. The van der Waals surface area contributed by atoms with Crippen molar-refractivity contribution in [1.82, 2.24) is 0 Å². The first-order valence-electron chi connectivity index (χ1n) is 11.5. The fourth-order valence-electron chi connectivity index (χ4n) is 4.81. The van der Waals surface area contributed by atoms with Gasteiger partial charge < -0.3 is 0 Å². The van der Waals surface area contributed by atoms with Gasteiger partial charge in [-0.2, -0.15) is 0 Å². The van der Waals surface area contributed by atoms with Crippen LogP contribution >= 0.6 is 0 Å². The fraction of sp³-hybridized carbons (Fsp3) is 0.152. The van der Waals surface area contributed by atoms with Crippen LogP contribution in [-0.2, 0) is 5.41 Å². The Morgan fingerprint density at radius 1 is 0.818 bits per heavy atom. The van der Waals surface area contributed by atoms with Gasteiger partial charge in [-0.3, -0.25) is 0 Å². The van der Waals surface area contributed by atoms with Crippen LogP contribution in [0.5, 0.6) is 0 Å². The van der Waals surface area contributed by atoms with E-state index in [1.807, 2.05) is 12.2 Å². The maximum atomic E-state index is 4.37. The van der Waals surface area contributed by atoms with E-state index in [1.165, 1.54) is 33.4 Å². The van der Waals surface area contributed by atoms with Crippen LogP contribution in [0.1, 0.15) is 49.4 Å². The summed E-state index contributed by atoms with van der Waals surface area (Å²) in [6.07, 6.45) is 6.49. The first-order valence-corrected chi connectivity index (χ1v) is 11.5. The van der Waals surface area contributed by atoms with Gasteiger partial charge in [0.1, 0.15) is 0 Å². The van der Waals surface area contributed by atoms with Crippen molar-refractivity contribution in [2.45, 2.75) is 32.6 Å². The molecule has 1 aliphatic rings. The van der Waals surface area contributed by atoms with Crippen molar-refractivity contribution < 1.29 is 0 Å². The molecule has 3 aromatic rings. The summed E-state index contributed by atoms with van der Waals surface area (Å²) in [6.45, 7) is 23.4. The molecular formula is C33H32. The van der Waals surface area contributed by atoms with E-state index in [4.69, 9.17) is 0 Å². The zero-order chi connectivity index (χ0) is 23.8. The molecule has 0 heterocycles. The third kappa shape index (κ3) is 3.87. The first kappa shape index (κ1) is 22.6. The Labute approximate surface area is 199 Å². The Bertz CT molecular complexity index is 1320. The van der Waals surface area contributed by atoms with Gasteiger partial charge in [0.25, 0.3) is 0 Å². The Morgan fingerprint density at radius 3 is 2.21 bits per heavy atom. The molecule has 4 rings (SSSR count). The van der Waals surface area contributed by atoms with Crippen molar-refractivity contribution in [3.8, 4) is 22.3 Å². The molecule has 164 valence electrons. The highest BCUT2D eigenvalue weighted by Crippen LogP contribution is 2.49. The minimum atomic E-state index is -0.0193. The summed E-state index contributed by atoms with van der Waals surface area (Å²) in [7, 11) is 0. The molecule has 3 aromatic carbocycles. The Morgan fingerprint density at radius 2 is 1.48 bits per heavy atom. The maximum Gasteiger partial charge on any atom is 0.0159 e. The molecule has 0 atom stereocenters. The lowest BCUT2D eigenvalue weighted by Gasteiger charge is -2.22. The highest BCUT2D eigenvalue weighted by atomic mass is 14.4. The van der Waals surface area contributed by atoms with Gasteiger partial charge in [0, 0.05) is 5.41 Å². The standard InChI is InChI=1S/C33H32/c1-8-10-13-23(4)24(5)30-20-25(16-18-27(30)22(3)9-2)26-17-19-29-28-14-11-12-15-31(28)33(6,7)32(29)21-26/h8,10-21H,1,3-5,9H2,2,6-7H3. The largest absolute Gasteiger partial charge is 0.0991 e. The van der Waals surface area contributed by atoms with Crippen molar-refractivity contribution in [3.05, 3.63) is 133 Å². The van der Waals surface area contributed by atoms with Crippen LogP contribution in [0.15, 0.2) is 111 Å². The second-order valence-corrected chi connectivity index (χ2v) is 9.25. The van der Waals surface area contributed by atoms with E-state index < -0.39 is 0 Å². The molecule has 33 heavy (non-hydrogen) atoms. The van der Waals surface area contributed by atoms with Gasteiger partial charge in [-0.1, -0.05) is 114 Å². The second-order valence-electron chi connectivity index (χ2n) is 9.25. The minimum Gasteiger partial charge on any atom is -0.0991 e. The Balaban J connectivity index is 1.83. The number of hydrogen-bond acceptors (Lipinski definition) is 0. The molecule has 1 aliphatic carbocycles. The van der Waals surface area contributed by atoms with Crippen LogP contribution < -0.4 is 0 Å². The maximum absolute atomic E-state index is 4.37. The van der Waals surface area contributed by atoms with E-state index in [0.717, 1.165) is 34.3 Å². The van der Waals surface area contributed by atoms with Crippen LogP contribution in [0.2, 0.25) is 0 Å². The molecule has 0 N–H and O–H groups in total. The van der Waals surface area contributed by atoms with Gasteiger partial charge in [-0.05, 0) is 79.8 Å². The van der Waals surface area contributed by atoms with Crippen molar-refractivity contribution >= 4 is 11.1 Å². The molecular weight excluding hydrogens is 396 g/mol. The van der Waals surface area contributed by atoms with Crippen LogP contribution in [0.4, 0.5) is 0 Å². The second kappa shape index (κ2) is 8.71. The highest BCUT2D eigenvalue weighted by Gasteiger charge is 2.35. The molecule has 0 saturated heterocycles. The molecule has 0 heteroatoms. The zero-order valence-electron chi connectivity index (χ0n) is 20.0. The number of fused-ring (bicyclic) bond motifs is 3. The quantitative estimate of drug-likeness (QED) is 0.329. The predicted octanol–water partition coefficient (Wildman–Crippen LogP) is 9.39. The molecule has 0 radical (unpaired) electrons. The highest BCUT2D eigenvalue weighted by molar-refractivity contribution is 5.89. The smallest absolute Gasteiger partial charge is 0.0159 e. The van der Waals surface area contributed by atoms with Crippen molar-refractivity contribution in [3.63, 3.8) is 0 Å². The minimum absolute atomic E-state index is 0.0193. The monoisotopic (exact) mass is 428 g/mol. The van der Waals surface area contributed by atoms with Crippen LogP contribution in [0, 0.1) is 0 Å². The number of rotatable bonds is 7. The Hall–Kier alpha value is -3.64. The Kier molecular flexibility index (Phi) is 5.95. The molecule has 0 aliphatic heterocycles. The number of benzene rings is 3. The zero-order valence-corrected chi connectivity index (χ0v) is 20.0. The van der Waals surface area contributed by atoms with Crippen LogP contribution in [0.3, 0.4) is 0 Å². The third-order valence-corrected chi connectivity index (χ3v) is 6.89. The van der Waals surface area contributed by atoms with Gasteiger partial charge in [-0.15, -0.1) is 0 Å². The number of hydrogen-bond donors (Lipinski definition) is 0. The summed E-state index contributed by atoms with van der Waals surface area (Å²) in [5, 5.41) is 0. The summed E-state index contributed by atoms with van der Waals surface area (Å²) in [4.78, 5) is 0.